The summed E-state index contributed by atoms with van der Waals surface area (Å²) in [4.78, 5) is 16.3. The van der Waals surface area contributed by atoms with Crippen LogP contribution in [0.5, 0.6) is 0 Å². The van der Waals surface area contributed by atoms with Gasteiger partial charge in [-0.05, 0) is 0 Å². The van der Waals surface area contributed by atoms with Crippen molar-refractivity contribution in [2.45, 2.75) is 0 Å². The molecule has 0 amide bonds. The number of hydrogen-bond acceptors (Lipinski definition) is 3. The third-order valence-electron chi connectivity index (χ3n) is 0.563. The second-order valence-electron chi connectivity index (χ2n) is 1.20. The Morgan fingerprint density at radius 3 is 2.40 bits per heavy atom. The highest BCUT2D eigenvalue weighted by Gasteiger charge is 1.75. The first-order chi connectivity index (χ1) is 4.81. The first kappa shape index (κ1) is 9.32. The molecule has 0 saturated carbocycles. The van der Waals surface area contributed by atoms with Crippen LogP contribution in [0.1, 0.15) is 0 Å². The summed E-state index contributed by atoms with van der Waals surface area (Å²) in [6.45, 7) is 0. The van der Waals surface area contributed by atoms with Crippen LogP contribution in [0.3, 0.4) is 0 Å². The summed E-state index contributed by atoms with van der Waals surface area (Å²) in [7, 11) is 3.18. The Hall–Kier alpha value is -0.683. The van der Waals surface area contributed by atoms with Crippen molar-refractivity contribution in [2.75, 3.05) is 0 Å². The molecule has 0 aromatic carbocycles. The number of aromatic nitrogens is 2. The zero-order chi connectivity index (χ0) is 7.82. The monoisotopic (exact) mass is 169 g/mol. The third kappa shape index (κ3) is 5.45. The number of thiol groups is 1. The van der Waals surface area contributed by atoms with Gasteiger partial charge >= 0.3 is 0 Å². The van der Waals surface area contributed by atoms with E-state index in [9.17, 15) is 0 Å². The minimum atomic E-state index is 0.444. The van der Waals surface area contributed by atoms with Gasteiger partial charge in [-0.15, -0.1) is 12.6 Å². The largest absolute Gasteiger partial charge is 0.291 e. The smallest absolute Gasteiger partial charge is 0.173 e. The van der Waals surface area contributed by atoms with Gasteiger partial charge in [0.25, 0.3) is 0 Å². The molecule has 0 aliphatic carbocycles. The van der Waals surface area contributed by atoms with Gasteiger partial charge in [-0.25, -0.2) is 0 Å². The molecule has 1 rings (SSSR count). The Morgan fingerprint density at radius 2 is 2.20 bits per heavy atom. The molecule has 1 heterocycles. The minimum Gasteiger partial charge on any atom is -0.291 e. The van der Waals surface area contributed by atoms with Gasteiger partial charge in [0.2, 0.25) is 0 Å². The molecule has 3 radical (unpaired) electrons. The third-order valence-corrected chi connectivity index (χ3v) is 0.821. The fraction of sp³-hybridized carbons (Fsp3) is 0. The predicted octanol–water partition coefficient (Wildman–Crippen LogP) is -0.623. The van der Waals surface area contributed by atoms with Crippen LogP contribution in [-0.2, 0) is 4.79 Å². The van der Waals surface area contributed by atoms with Crippen LogP contribution >= 0.6 is 12.6 Å². The average molecular weight is 169 g/mol. The van der Waals surface area contributed by atoms with Crippen molar-refractivity contribution >= 4 is 33.8 Å². The fourth-order valence-corrected chi connectivity index (χ4v) is 0.448. The van der Waals surface area contributed by atoms with E-state index in [0.717, 1.165) is 5.32 Å². The standard InChI is InChI=1S/C4H3N2Si.CH2OS/c7-4-3-5-1-2-6-4;2-1-3/h1-3H;1H,(H,2,3). The van der Waals surface area contributed by atoms with Gasteiger partial charge in [0.1, 0.15) is 10.2 Å². The second kappa shape index (κ2) is 6.44. The van der Waals surface area contributed by atoms with Crippen LogP contribution < -0.4 is 5.32 Å². The van der Waals surface area contributed by atoms with E-state index in [1.807, 2.05) is 0 Å². The summed E-state index contributed by atoms with van der Waals surface area (Å²) in [6, 6.07) is 0. The molecule has 0 aliphatic rings. The topological polar surface area (TPSA) is 42.9 Å². The van der Waals surface area contributed by atoms with Crippen LogP contribution in [0.25, 0.3) is 0 Å². The van der Waals surface area contributed by atoms with Gasteiger partial charge < -0.3 is 0 Å². The van der Waals surface area contributed by atoms with Crippen LogP contribution in [-0.4, -0.2) is 25.8 Å². The molecule has 0 atom stereocenters. The lowest BCUT2D eigenvalue weighted by atomic mass is 10.8. The quantitative estimate of drug-likeness (QED) is 0.320. The molecule has 0 aliphatic heterocycles. The van der Waals surface area contributed by atoms with Gasteiger partial charge in [-0.3, -0.25) is 14.8 Å². The predicted molar refractivity (Wildman–Crippen MR) is 43.2 cm³/mol. The van der Waals surface area contributed by atoms with Crippen LogP contribution in [0.2, 0.25) is 0 Å². The van der Waals surface area contributed by atoms with E-state index in [2.05, 4.69) is 32.8 Å². The first-order valence-electron chi connectivity index (χ1n) is 2.36. The highest BCUT2D eigenvalue weighted by molar-refractivity contribution is 7.94. The maximum atomic E-state index is 8.67. The van der Waals surface area contributed by atoms with Crippen molar-refractivity contribution in [1.29, 1.82) is 0 Å². The van der Waals surface area contributed by atoms with E-state index in [0.29, 0.717) is 5.62 Å². The second-order valence-corrected chi connectivity index (χ2v) is 1.92. The van der Waals surface area contributed by atoms with E-state index >= 15 is 0 Å². The van der Waals surface area contributed by atoms with E-state index < -0.39 is 0 Å². The Bertz CT molecular complexity index is 182. The average Bonchev–Trinajstić information content (AvgIpc) is 1.91. The lowest BCUT2D eigenvalue weighted by Crippen LogP contribution is -2.06. The molecule has 0 N–H and O–H groups in total. The molecule has 0 unspecified atom stereocenters. The SMILES string of the molecule is O=CS.[Si]c1cnccn1. The number of rotatable bonds is 0. The Kier molecular flexibility index (Phi) is 6.00. The molecule has 0 fully saturated rings. The highest BCUT2D eigenvalue weighted by atomic mass is 32.1. The van der Waals surface area contributed by atoms with Gasteiger partial charge in [0.15, 0.2) is 5.62 Å². The number of carbonyl (C=O) groups is 1. The number of hydrogen-bond donors (Lipinski definition) is 1. The van der Waals surface area contributed by atoms with Crippen molar-refractivity contribution in [3.05, 3.63) is 18.6 Å². The molecule has 0 saturated heterocycles. The molecular formula is C5H5N2OSSi. The maximum absolute atomic E-state index is 8.67. The molecule has 0 bridgehead atoms. The lowest BCUT2D eigenvalue weighted by Gasteiger charge is -1.81. The molecule has 5 heteroatoms. The van der Waals surface area contributed by atoms with E-state index in [1.165, 1.54) is 0 Å². The molecule has 10 heavy (non-hydrogen) atoms. The molecular weight excluding hydrogens is 164 g/mol. The number of carbonyl (C=O) groups excluding carboxylic acids is 1. The first-order valence-corrected chi connectivity index (χ1v) is 3.38. The summed E-state index contributed by atoms with van der Waals surface area (Å²) in [5.41, 5.74) is 0.444. The van der Waals surface area contributed by atoms with Gasteiger partial charge in [0.05, 0.1) is 0 Å². The summed E-state index contributed by atoms with van der Waals surface area (Å²) in [6.07, 6.45) is 4.89. The van der Waals surface area contributed by atoms with Gasteiger partial charge in [0, 0.05) is 23.9 Å². The van der Waals surface area contributed by atoms with E-state index in [4.69, 9.17) is 4.79 Å². The lowest BCUT2D eigenvalue weighted by molar-refractivity contribution is 0.570. The van der Waals surface area contributed by atoms with Crippen molar-refractivity contribution in [1.82, 2.24) is 9.97 Å². The van der Waals surface area contributed by atoms with E-state index in [1.54, 1.807) is 18.6 Å². The molecule has 1 aromatic heterocycles. The molecule has 1 aromatic rings. The summed E-state index contributed by atoms with van der Waals surface area (Å²) >= 11 is 3.11. The molecule has 0 spiro atoms. The number of nitrogens with zero attached hydrogens (tertiary/aromatic N) is 2. The maximum Gasteiger partial charge on any atom is 0.173 e. The van der Waals surface area contributed by atoms with Crippen LogP contribution in [0, 0.1) is 0 Å². The molecule has 3 nitrogen and oxygen atoms in total. The molecule has 51 valence electrons. The van der Waals surface area contributed by atoms with Gasteiger partial charge in [-0.1, -0.05) is 0 Å². The van der Waals surface area contributed by atoms with E-state index in [-0.39, 0.29) is 0 Å². The zero-order valence-corrected chi connectivity index (χ0v) is 6.95. The minimum absolute atomic E-state index is 0.444. The summed E-state index contributed by atoms with van der Waals surface area (Å²) in [5, 5.41) is 0.766. The van der Waals surface area contributed by atoms with Crippen molar-refractivity contribution in [2.24, 2.45) is 0 Å². The summed E-state index contributed by atoms with van der Waals surface area (Å²) in [5.74, 6) is 0. The zero-order valence-electron chi connectivity index (χ0n) is 5.06. The Morgan fingerprint density at radius 1 is 1.60 bits per heavy atom. The fourth-order valence-electron chi connectivity index (χ4n) is 0.299. The Balaban J connectivity index is 0.000000236. The van der Waals surface area contributed by atoms with Crippen LogP contribution in [0.4, 0.5) is 0 Å². The Labute approximate surface area is 67.7 Å². The van der Waals surface area contributed by atoms with Crippen LogP contribution in [0.15, 0.2) is 18.6 Å². The van der Waals surface area contributed by atoms with Crippen molar-refractivity contribution in [3.63, 3.8) is 0 Å². The normalized spacial score (nSPS) is 7.40. The van der Waals surface area contributed by atoms with Gasteiger partial charge in [-0.2, -0.15) is 0 Å². The van der Waals surface area contributed by atoms with Crippen molar-refractivity contribution < 1.29 is 4.79 Å². The highest BCUT2D eigenvalue weighted by Crippen LogP contribution is 1.62. The van der Waals surface area contributed by atoms with Crippen molar-refractivity contribution in [3.8, 4) is 0 Å². The summed E-state index contributed by atoms with van der Waals surface area (Å²) < 4.78 is 0.